The van der Waals surface area contributed by atoms with Crippen LogP contribution in [0.15, 0.2) is 41.4 Å². The first kappa shape index (κ1) is 22.3. The number of aryl methyl sites for hydroxylation is 1. The highest BCUT2D eigenvalue weighted by Gasteiger charge is 2.48. The molecule has 3 heterocycles. The van der Waals surface area contributed by atoms with Gasteiger partial charge >= 0.3 is 12.1 Å². The maximum atomic E-state index is 13.6. The Balaban J connectivity index is 1.39. The van der Waals surface area contributed by atoms with E-state index in [2.05, 4.69) is 4.98 Å². The summed E-state index contributed by atoms with van der Waals surface area (Å²) in [4.78, 5) is 15.7. The van der Waals surface area contributed by atoms with Crippen molar-refractivity contribution in [3.8, 4) is 0 Å². The molecule has 2 aromatic rings. The number of aliphatic carboxylic acids is 1. The van der Waals surface area contributed by atoms with E-state index in [9.17, 15) is 31.5 Å². The van der Waals surface area contributed by atoms with Gasteiger partial charge in [0.25, 0.3) is 0 Å². The third-order valence-electron chi connectivity index (χ3n) is 7.27. The van der Waals surface area contributed by atoms with Crippen molar-refractivity contribution >= 4 is 16.0 Å². The molecule has 1 N–H and O–H groups in total. The van der Waals surface area contributed by atoms with Crippen LogP contribution in [0.1, 0.15) is 66.3 Å². The van der Waals surface area contributed by atoms with Crippen LogP contribution in [0.2, 0.25) is 0 Å². The van der Waals surface area contributed by atoms with E-state index in [4.69, 9.17) is 0 Å². The molecular weight excluding hydrogens is 457 g/mol. The predicted molar refractivity (Wildman–Crippen MR) is 112 cm³/mol. The van der Waals surface area contributed by atoms with E-state index in [1.807, 2.05) is 0 Å². The second-order valence-corrected chi connectivity index (χ2v) is 11.0. The summed E-state index contributed by atoms with van der Waals surface area (Å²) in [5.41, 5.74) is 1.19. The highest BCUT2D eigenvalue weighted by molar-refractivity contribution is 7.89. The lowest BCUT2D eigenvalue weighted by atomic mass is 9.89. The number of piperidine rings is 1. The predicted octanol–water partition coefficient (Wildman–Crippen LogP) is 4.31. The number of hydrogen-bond acceptors (Lipinski definition) is 4. The highest BCUT2D eigenvalue weighted by Crippen LogP contribution is 2.46. The molecule has 5 rings (SSSR count). The fourth-order valence-corrected chi connectivity index (χ4v) is 7.63. The van der Waals surface area contributed by atoms with Crippen LogP contribution < -0.4 is 0 Å². The van der Waals surface area contributed by atoms with Crippen molar-refractivity contribution in [1.29, 1.82) is 0 Å². The highest BCUT2D eigenvalue weighted by atomic mass is 32.2. The fraction of sp³-hybridized carbons (Fsp3) is 0.478. The molecule has 2 aliphatic heterocycles. The van der Waals surface area contributed by atoms with Crippen LogP contribution in [0.25, 0.3) is 0 Å². The van der Waals surface area contributed by atoms with Gasteiger partial charge in [0.05, 0.1) is 16.4 Å². The van der Waals surface area contributed by atoms with Crippen LogP contribution in [0.5, 0.6) is 0 Å². The molecule has 3 unspecified atom stereocenters. The number of pyridine rings is 1. The monoisotopic (exact) mass is 480 g/mol. The van der Waals surface area contributed by atoms with E-state index < -0.39 is 33.7 Å². The lowest BCUT2D eigenvalue weighted by Gasteiger charge is -2.37. The number of sulfonamides is 1. The first-order chi connectivity index (χ1) is 15.6. The van der Waals surface area contributed by atoms with Gasteiger partial charge in [-0.3, -0.25) is 9.78 Å². The minimum Gasteiger partial charge on any atom is -0.481 e. The molecule has 0 amide bonds. The smallest absolute Gasteiger partial charge is 0.417 e. The topological polar surface area (TPSA) is 87.6 Å². The van der Waals surface area contributed by atoms with Gasteiger partial charge in [-0.15, -0.1) is 0 Å². The van der Waals surface area contributed by atoms with Crippen molar-refractivity contribution in [3.05, 3.63) is 58.9 Å². The van der Waals surface area contributed by atoms with Crippen LogP contribution in [0.3, 0.4) is 0 Å². The number of fused-ring (bicyclic) bond motifs is 3. The molecule has 3 aliphatic rings. The van der Waals surface area contributed by atoms with Crippen molar-refractivity contribution < 1.29 is 31.5 Å². The Morgan fingerprint density at radius 1 is 1.06 bits per heavy atom. The van der Waals surface area contributed by atoms with Crippen LogP contribution in [0.4, 0.5) is 13.2 Å². The van der Waals surface area contributed by atoms with Crippen molar-refractivity contribution in [2.45, 2.75) is 73.5 Å². The third kappa shape index (κ3) is 3.82. The number of benzene rings is 1. The molecule has 3 atom stereocenters. The van der Waals surface area contributed by atoms with E-state index in [1.165, 1.54) is 12.1 Å². The van der Waals surface area contributed by atoms with Gasteiger partial charge < -0.3 is 5.11 Å². The largest absolute Gasteiger partial charge is 0.481 e. The molecule has 33 heavy (non-hydrogen) atoms. The molecule has 6 nitrogen and oxygen atoms in total. The standard InChI is InChI=1S/C23H23F3N2O4S/c24-23(25,26)15-3-8-21(27-12-15)14-9-16-4-5-17(10-14)28(16)33(31,32)18-6-1-13-2-7-19(22(29)30)20(13)11-18/h1,3,6,8,11-12,14,16-17,19H,2,4-5,7,9-10H2,(H,29,30). The lowest BCUT2D eigenvalue weighted by molar-refractivity contribution is -0.139. The zero-order chi connectivity index (χ0) is 23.5. The molecule has 1 aromatic heterocycles. The average Bonchev–Trinajstić information content (AvgIpc) is 3.31. The van der Waals surface area contributed by atoms with E-state index in [1.54, 1.807) is 16.4 Å². The summed E-state index contributed by atoms with van der Waals surface area (Å²) < 4.78 is 67.2. The van der Waals surface area contributed by atoms with Gasteiger partial charge in [0.2, 0.25) is 10.0 Å². The van der Waals surface area contributed by atoms with Crippen molar-refractivity contribution in [2.75, 3.05) is 0 Å². The first-order valence-corrected chi connectivity index (χ1v) is 12.4. The molecule has 0 spiro atoms. The molecule has 2 saturated heterocycles. The van der Waals surface area contributed by atoms with Crippen molar-refractivity contribution in [3.63, 3.8) is 0 Å². The Morgan fingerprint density at radius 3 is 2.33 bits per heavy atom. The Hall–Kier alpha value is -2.46. The Morgan fingerprint density at radius 2 is 1.76 bits per heavy atom. The van der Waals surface area contributed by atoms with Crippen molar-refractivity contribution in [1.82, 2.24) is 9.29 Å². The number of rotatable bonds is 4. The van der Waals surface area contributed by atoms with Crippen LogP contribution >= 0.6 is 0 Å². The van der Waals surface area contributed by atoms with Gasteiger partial charge in [0.15, 0.2) is 0 Å². The third-order valence-corrected chi connectivity index (χ3v) is 9.27. The summed E-state index contributed by atoms with van der Waals surface area (Å²) in [6.45, 7) is 0. The summed E-state index contributed by atoms with van der Waals surface area (Å²) >= 11 is 0. The van der Waals surface area contributed by atoms with Crippen LogP contribution in [-0.4, -0.2) is 40.9 Å². The second-order valence-electron chi connectivity index (χ2n) is 9.15. The molecule has 176 valence electrons. The summed E-state index contributed by atoms with van der Waals surface area (Å²) in [5.74, 6) is -1.75. The number of nitrogens with zero attached hydrogens (tertiary/aromatic N) is 2. The van der Waals surface area contributed by atoms with Crippen LogP contribution in [-0.2, 0) is 27.4 Å². The quantitative estimate of drug-likeness (QED) is 0.705. The summed E-state index contributed by atoms with van der Waals surface area (Å²) in [7, 11) is -3.83. The van der Waals surface area contributed by atoms with Crippen LogP contribution in [0, 0.1) is 0 Å². The van der Waals surface area contributed by atoms with Gasteiger partial charge in [-0.1, -0.05) is 6.07 Å². The average molecular weight is 481 g/mol. The lowest BCUT2D eigenvalue weighted by Crippen LogP contribution is -2.46. The minimum atomic E-state index is -4.45. The van der Waals surface area contributed by atoms with Crippen molar-refractivity contribution in [2.24, 2.45) is 0 Å². The van der Waals surface area contributed by atoms with E-state index >= 15 is 0 Å². The van der Waals surface area contributed by atoms with Gasteiger partial charge in [0.1, 0.15) is 0 Å². The van der Waals surface area contributed by atoms with E-state index in [0.717, 1.165) is 17.8 Å². The number of aromatic nitrogens is 1. The number of carboxylic acids is 1. The van der Waals surface area contributed by atoms with E-state index in [0.29, 0.717) is 49.8 Å². The first-order valence-electron chi connectivity index (χ1n) is 11.0. The normalized spacial score (nSPS) is 27.5. The SMILES string of the molecule is O=C(O)C1CCc2ccc(S(=O)(=O)N3C4CCC3CC(c3ccc(C(F)(F)F)cn3)C4)cc21. The number of carboxylic acid groups (broad SMARTS) is 1. The molecule has 10 heteroatoms. The molecule has 2 fully saturated rings. The van der Waals surface area contributed by atoms with Gasteiger partial charge in [-0.2, -0.15) is 17.5 Å². The zero-order valence-electron chi connectivity index (χ0n) is 17.6. The number of hydrogen-bond donors (Lipinski definition) is 1. The zero-order valence-corrected chi connectivity index (χ0v) is 18.4. The summed E-state index contributed by atoms with van der Waals surface area (Å²) in [6.07, 6.45) is -0.170. The molecule has 0 radical (unpaired) electrons. The van der Waals surface area contributed by atoms with Gasteiger partial charge in [-0.05, 0) is 73.9 Å². The molecule has 0 saturated carbocycles. The van der Waals surface area contributed by atoms with E-state index in [-0.39, 0.29) is 22.9 Å². The number of carbonyl (C=O) groups is 1. The summed E-state index contributed by atoms with van der Waals surface area (Å²) in [6, 6.07) is 6.69. The summed E-state index contributed by atoms with van der Waals surface area (Å²) in [5, 5.41) is 9.47. The Kier molecular flexibility index (Phi) is 5.28. The Labute approximate surface area is 189 Å². The maximum absolute atomic E-state index is 13.6. The Bertz CT molecular complexity index is 1180. The fourth-order valence-electron chi connectivity index (χ4n) is 5.70. The molecule has 1 aliphatic carbocycles. The second kappa shape index (κ2) is 7.80. The number of halogens is 3. The number of alkyl halides is 3. The van der Waals surface area contributed by atoms with Gasteiger partial charge in [-0.25, -0.2) is 8.42 Å². The molecule has 1 aromatic carbocycles. The molecule has 2 bridgehead atoms. The molecular formula is C23H23F3N2O4S. The van der Waals surface area contributed by atoms with Gasteiger partial charge in [0, 0.05) is 29.9 Å². The minimum absolute atomic E-state index is 0.104. The maximum Gasteiger partial charge on any atom is 0.417 e.